The molecule has 8 heteroatoms. The summed E-state index contributed by atoms with van der Waals surface area (Å²) in [5.74, 6) is 2.61. The molecule has 4 rings (SSSR count). The van der Waals surface area contributed by atoms with Gasteiger partial charge in [0.2, 0.25) is 5.89 Å². The fraction of sp³-hybridized carbons (Fsp3) is 0.500. The minimum atomic E-state index is 0.240. The Kier molecular flexibility index (Phi) is 3.84. The van der Waals surface area contributed by atoms with Crippen molar-refractivity contribution >= 4 is 33.3 Å². The molecule has 0 aliphatic carbocycles. The van der Waals surface area contributed by atoms with Gasteiger partial charge < -0.3 is 14.3 Å². The number of thiophene rings is 1. The molecule has 0 bridgehead atoms. The normalized spacial score (nSPS) is 18.3. The van der Waals surface area contributed by atoms with Gasteiger partial charge in [-0.3, -0.25) is 0 Å². The van der Waals surface area contributed by atoms with Gasteiger partial charge in [-0.2, -0.15) is 4.98 Å². The Morgan fingerprint density at radius 1 is 1.33 bits per heavy atom. The topological polar surface area (TPSA) is 71.2 Å². The number of hydrogen-bond acceptors (Lipinski definition) is 8. The van der Waals surface area contributed by atoms with Gasteiger partial charge in [-0.15, -0.1) is 11.3 Å². The molecule has 1 aliphatic rings. The maximum Gasteiger partial charge on any atom is 0.265 e. The van der Waals surface area contributed by atoms with Crippen LogP contribution in [0.3, 0.4) is 0 Å². The first-order valence-corrected chi connectivity index (χ1v) is 8.96. The maximum absolute atomic E-state index is 5.49. The lowest BCUT2D eigenvalue weighted by molar-refractivity contribution is 0.333. The van der Waals surface area contributed by atoms with Gasteiger partial charge in [-0.05, 0) is 35.9 Å². The van der Waals surface area contributed by atoms with Crippen molar-refractivity contribution in [1.82, 2.24) is 20.1 Å². The Bertz CT molecular complexity index is 857. The summed E-state index contributed by atoms with van der Waals surface area (Å²) in [6.07, 6.45) is 3.80. The van der Waals surface area contributed by atoms with Crippen LogP contribution < -0.4 is 9.80 Å². The zero-order chi connectivity index (χ0) is 16.7. The van der Waals surface area contributed by atoms with Crippen LogP contribution in [0, 0.1) is 6.92 Å². The van der Waals surface area contributed by atoms with Crippen LogP contribution in [0.4, 0.5) is 11.8 Å². The van der Waals surface area contributed by atoms with Crippen molar-refractivity contribution in [2.45, 2.75) is 25.7 Å². The molecule has 1 unspecified atom stereocenters. The Morgan fingerprint density at radius 3 is 3.00 bits per heavy atom. The van der Waals surface area contributed by atoms with Gasteiger partial charge in [0.25, 0.3) is 5.95 Å². The first-order valence-electron chi connectivity index (χ1n) is 8.08. The molecule has 3 aromatic heterocycles. The number of rotatable bonds is 3. The predicted octanol–water partition coefficient (Wildman–Crippen LogP) is 2.83. The second kappa shape index (κ2) is 6.01. The van der Waals surface area contributed by atoms with E-state index in [-0.39, 0.29) is 5.92 Å². The standard InChI is InChI=1S/C16H20N6OS/c1-10-8-24-15-12(10)13(17-9-18-15)22-6-4-5-11(7-22)14-19-16(20-23-14)21(2)3/h8-9,11H,4-7H2,1-3H3. The van der Waals surface area contributed by atoms with Crippen LogP contribution in [0.25, 0.3) is 10.2 Å². The molecule has 1 saturated heterocycles. The molecule has 126 valence electrons. The van der Waals surface area contributed by atoms with E-state index in [0.717, 1.165) is 42.5 Å². The molecular formula is C16H20N6OS. The van der Waals surface area contributed by atoms with E-state index >= 15 is 0 Å². The van der Waals surface area contributed by atoms with Crippen molar-refractivity contribution in [2.24, 2.45) is 0 Å². The molecule has 7 nitrogen and oxygen atoms in total. The number of aryl methyl sites for hydroxylation is 1. The van der Waals surface area contributed by atoms with Crippen molar-refractivity contribution in [3.8, 4) is 0 Å². The summed E-state index contributed by atoms with van der Waals surface area (Å²) in [5.41, 5.74) is 1.24. The highest BCUT2D eigenvalue weighted by molar-refractivity contribution is 7.17. The van der Waals surface area contributed by atoms with Crippen LogP contribution in [-0.2, 0) is 0 Å². The molecule has 24 heavy (non-hydrogen) atoms. The number of hydrogen-bond donors (Lipinski definition) is 0. The van der Waals surface area contributed by atoms with E-state index in [1.807, 2.05) is 19.0 Å². The van der Waals surface area contributed by atoms with Crippen molar-refractivity contribution in [1.29, 1.82) is 0 Å². The third kappa shape index (κ3) is 2.60. The average molecular weight is 344 g/mol. The third-order valence-corrected chi connectivity index (χ3v) is 5.44. The lowest BCUT2D eigenvalue weighted by Crippen LogP contribution is -2.35. The fourth-order valence-electron chi connectivity index (χ4n) is 3.18. The summed E-state index contributed by atoms with van der Waals surface area (Å²) in [6.45, 7) is 3.96. The molecule has 1 fully saturated rings. The van der Waals surface area contributed by atoms with Gasteiger partial charge in [-0.1, -0.05) is 0 Å². The summed E-state index contributed by atoms with van der Waals surface area (Å²) >= 11 is 1.67. The Labute approximate surface area is 144 Å². The van der Waals surface area contributed by atoms with Crippen molar-refractivity contribution < 1.29 is 4.52 Å². The quantitative estimate of drug-likeness (QED) is 0.723. The van der Waals surface area contributed by atoms with Crippen LogP contribution in [0.5, 0.6) is 0 Å². The molecule has 1 atom stereocenters. The van der Waals surface area contributed by atoms with Gasteiger partial charge in [0.05, 0.1) is 11.3 Å². The van der Waals surface area contributed by atoms with Gasteiger partial charge in [0.1, 0.15) is 17.0 Å². The lowest BCUT2D eigenvalue weighted by atomic mass is 9.97. The van der Waals surface area contributed by atoms with E-state index in [9.17, 15) is 0 Å². The first kappa shape index (κ1) is 15.3. The highest BCUT2D eigenvalue weighted by Crippen LogP contribution is 2.35. The minimum absolute atomic E-state index is 0.240. The highest BCUT2D eigenvalue weighted by atomic mass is 32.1. The zero-order valence-corrected chi connectivity index (χ0v) is 14.9. The van der Waals surface area contributed by atoms with Gasteiger partial charge in [-0.25, -0.2) is 9.97 Å². The zero-order valence-electron chi connectivity index (χ0n) is 14.1. The molecule has 0 radical (unpaired) electrons. The van der Waals surface area contributed by atoms with Crippen LogP contribution in [0.2, 0.25) is 0 Å². The van der Waals surface area contributed by atoms with E-state index in [4.69, 9.17) is 4.52 Å². The summed E-state index contributed by atoms with van der Waals surface area (Å²) in [4.78, 5) is 18.7. The Hall–Kier alpha value is -2.22. The van der Waals surface area contributed by atoms with Gasteiger partial charge in [0.15, 0.2) is 0 Å². The van der Waals surface area contributed by atoms with Crippen LogP contribution in [0.1, 0.15) is 30.2 Å². The Balaban J connectivity index is 1.63. The molecule has 0 saturated carbocycles. The summed E-state index contributed by atoms with van der Waals surface area (Å²) in [7, 11) is 3.83. The first-order chi connectivity index (χ1) is 11.6. The number of piperidine rings is 1. The van der Waals surface area contributed by atoms with Crippen molar-refractivity contribution in [3.63, 3.8) is 0 Å². The van der Waals surface area contributed by atoms with Crippen LogP contribution in [0.15, 0.2) is 16.2 Å². The molecule has 4 heterocycles. The lowest BCUT2D eigenvalue weighted by Gasteiger charge is -2.32. The van der Waals surface area contributed by atoms with Gasteiger partial charge >= 0.3 is 0 Å². The molecule has 0 amide bonds. The molecule has 0 N–H and O–H groups in total. The summed E-state index contributed by atoms with van der Waals surface area (Å²) in [6, 6.07) is 0. The van der Waals surface area contributed by atoms with E-state index in [1.54, 1.807) is 17.7 Å². The monoisotopic (exact) mass is 344 g/mol. The van der Waals surface area contributed by atoms with E-state index in [2.05, 4.69) is 37.3 Å². The van der Waals surface area contributed by atoms with Crippen molar-refractivity contribution in [2.75, 3.05) is 37.0 Å². The maximum atomic E-state index is 5.49. The predicted molar refractivity (Wildman–Crippen MR) is 95.0 cm³/mol. The molecule has 3 aromatic rings. The van der Waals surface area contributed by atoms with E-state index in [0.29, 0.717) is 5.95 Å². The second-order valence-corrected chi connectivity index (χ2v) is 7.27. The number of nitrogens with zero attached hydrogens (tertiary/aromatic N) is 6. The Morgan fingerprint density at radius 2 is 2.21 bits per heavy atom. The van der Waals surface area contributed by atoms with E-state index in [1.165, 1.54) is 10.9 Å². The molecular weight excluding hydrogens is 324 g/mol. The molecule has 1 aliphatic heterocycles. The average Bonchev–Trinajstić information content (AvgIpc) is 3.23. The number of anilines is 2. The second-order valence-electron chi connectivity index (χ2n) is 6.41. The van der Waals surface area contributed by atoms with Crippen LogP contribution >= 0.6 is 11.3 Å². The van der Waals surface area contributed by atoms with Crippen molar-refractivity contribution in [3.05, 3.63) is 23.2 Å². The third-order valence-electron chi connectivity index (χ3n) is 4.44. The SMILES string of the molecule is Cc1csc2ncnc(N3CCCC(c4nc(N(C)C)no4)C3)c12. The smallest absolute Gasteiger partial charge is 0.265 e. The summed E-state index contributed by atoms with van der Waals surface area (Å²) < 4.78 is 5.49. The number of aromatic nitrogens is 4. The largest absolute Gasteiger partial charge is 0.355 e. The van der Waals surface area contributed by atoms with Gasteiger partial charge in [0, 0.05) is 27.2 Å². The van der Waals surface area contributed by atoms with Crippen LogP contribution in [-0.4, -0.2) is 47.3 Å². The number of fused-ring (bicyclic) bond motifs is 1. The summed E-state index contributed by atoms with van der Waals surface area (Å²) in [5, 5.41) is 7.36. The highest BCUT2D eigenvalue weighted by Gasteiger charge is 2.28. The molecule has 0 aromatic carbocycles. The fourth-order valence-corrected chi connectivity index (χ4v) is 4.07. The molecule has 0 spiro atoms. The minimum Gasteiger partial charge on any atom is -0.355 e. The van der Waals surface area contributed by atoms with E-state index < -0.39 is 0 Å².